The predicted octanol–water partition coefficient (Wildman–Crippen LogP) is 1.61. The van der Waals surface area contributed by atoms with Crippen LogP contribution in [0.15, 0.2) is 23.1 Å². The second kappa shape index (κ2) is 8.83. The predicted molar refractivity (Wildman–Crippen MR) is 80.9 cm³/mol. The summed E-state index contributed by atoms with van der Waals surface area (Å²) in [6.45, 7) is -0.388. The molecule has 0 spiro atoms. The highest BCUT2D eigenvalue weighted by molar-refractivity contribution is 7.99. The average molecular weight is 335 g/mol. The molecule has 1 aromatic rings. The van der Waals surface area contributed by atoms with Gasteiger partial charge in [-0.15, -0.1) is 23.4 Å². The molecule has 0 fully saturated rings. The third-order valence-electron chi connectivity index (χ3n) is 2.36. The Morgan fingerprint density at radius 2 is 2.19 bits per heavy atom. The maximum absolute atomic E-state index is 11.5. The molecule has 1 atom stereocenters. The van der Waals surface area contributed by atoms with E-state index in [0.29, 0.717) is 10.6 Å². The van der Waals surface area contributed by atoms with E-state index in [1.54, 1.807) is 6.07 Å². The molecule has 0 saturated heterocycles. The van der Waals surface area contributed by atoms with Gasteiger partial charge < -0.3 is 15.5 Å². The van der Waals surface area contributed by atoms with Crippen molar-refractivity contribution in [2.24, 2.45) is 0 Å². The Labute approximate surface area is 130 Å². The summed E-state index contributed by atoms with van der Waals surface area (Å²) in [7, 11) is 0. The van der Waals surface area contributed by atoms with Crippen molar-refractivity contribution in [2.45, 2.75) is 17.4 Å². The Balaban J connectivity index is 2.89. The molecule has 0 aliphatic heterocycles. The summed E-state index contributed by atoms with van der Waals surface area (Å²) >= 11 is 6.60. The van der Waals surface area contributed by atoms with Crippen LogP contribution in [0.1, 0.15) is 6.42 Å². The van der Waals surface area contributed by atoms with Crippen LogP contribution in [0.3, 0.4) is 0 Å². The molecule has 9 heteroatoms. The molecule has 3 N–H and O–H groups in total. The van der Waals surface area contributed by atoms with Crippen molar-refractivity contribution in [1.29, 1.82) is 0 Å². The van der Waals surface area contributed by atoms with Crippen LogP contribution < -0.4 is 5.32 Å². The third-order valence-corrected chi connectivity index (χ3v) is 3.67. The monoisotopic (exact) mass is 334 g/mol. The van der Waals surface area contributed by atoms with Crippen molar-refractivity contribution in [3.05, 3.63) is 28.3 Å². The first kappa shape index (κ1) is 17.7. The van der Waals surface area contributed by atoms with E-state index >= 15 is 0 Å². The molecule has 1 rings (SSSR count). The normalized spacial score (nSPS) is 12.0. The first-order valence-corrected chi connectivity index (χ1v) is 7.55. The van der Waals surface area contributed by atoms with E-state index in [1.807, 2.05) is 0 Å². The van der Waals surface area contributed by atoms with Crippen LogP contribution in [0.4, 0.5) is 11.4 Å². The Kier molecular flexibility index (Phi) is 7.44. The van der Waals surface area contributed by atoms with Gasteiger partial charge in [-0.05, 0) is 6.07 Å². The number of alkyl halides is 1. The highest BCUT2D eigenvalue weighted by Gasteiger charge is 2.13. The second-order valence-electron chi connectivity index (χ2n) is 4.11. The van der Waals surface area contributed by atoms with Gasteiger partial charge in [0.05, 0.1) is 17.6 Å². The number of hydrogen-bond acceptors (Lipinski definition) is 6. The van der Waals surface area contributed by atoms with Crippen LogP contribution in [-0.2, 0) is 4.79 Å². The molecule has 0 bridgehead atoms. The molecule has 0 saturated carbocycles. The number of halogens is 1. The first-order chi connectivity index (χ1) is 9.96. The molecule has 0 aromatic heterocycles. The SMILES string of the molecule is O=C(CCCl)Nc1cc(SC[C@@H](O)CO)cc([N+](=O)[O-])c1. The number of aliphatic hydroxyl groups excluding tert-OH is 2. The zero-order valence-corrected chi connectivity index (χ0v) is 12.6. The van der Waals surface area contributed by atoms with Crippen molar-refractivity contribution in [3.63, 3.8) is 0 Å². The van der Waals surface area contributed by atoms with Gasteiger partial charge in [-0.2, -0.15) is 0 Å². The number of amides is 1. The Hall–Kier alpha value is -1.35. The number of aliphatic hydroxyl groups is 2. The molecule has 1 aromatic carbocycles. The van der Waals surface area contributed by atoms with Crippen molar-refractivity contribution in [3.8, 4) is 0 Å². The maximum atomic E-state index is 11.5. The van der Waals surface area contributed by atoms with Crippen LogP contribution >= 0.6 is 23.4 Å². The fourth-order valence-electron chi connectivity index (χ4n) is 1.40. The molecule has 0 aliphatic carbocycles. The zero-order valence-electron chi connectivity index (χ0n) is 11.0. The minimum atomic E-state index is -0.913. The fourth-order valence-corrected chi connectivity index (χ4v) is 2.47. The van der Waals surface area contributed by atoms with Crippen molar-refractivity contribution >= 4 is 40.6 Å². The summed E-state index contributed by atoms with van der Waals surface area (Å²) < 4.78 is 0. The molecular weight excluding hydrogens is 320 g/mol. The minimum Gasteiger partial charge on any atom is -0.394 e. The van der Waals surface area contributed by atoms with E-state index in [1.165, 1.54) is 12.1 Å². The lowest BCUT2D eigenvalue weighted by atomic mass is 10.2. The average Bonchev–Trinajstić information content (AvgIpc) is 2.44. The van der Waals surface area contributed by atoms with Gasteiger partial charge in [0.15, 0.2) is 0 Å². The van der Waals surface area contributed by atoms with E-state index in [9.17, 15) is 20.0 Å². The van der Waals surface area contributed by atoms with Gasteiger partial charge in [-0.3, -0.25) is 14.9 Å². The lowest BCUT2D eigenvalue weighted by Crippen LogP contribution is -2.14. The number of non-ortho nitro benzene ring substituents is 1. The molecule has 0 aliphatic rings. The molecule has 21 heavy (non-hydrogen) atoms. The number of hydrogen-bond donors (Lipinski definition) is 3. The summed E-state index contributed by atoms with van der Waals surface area (Å²) in [6.07, 6.45) is -0.806. The molecule has 1 amide bonds. The van der Waals surface area contributed by atoms with E-state index in [0.717, 1.165) is 11.8 Å². The zero-order chi connectivity index (χ0) is 15.8. The van der Waals surface area contributed by atoms with Crippen LogP contribution in [0.5, 0.6) is 0 Å². The van der Waals surface area contributed by atoms with Crippen LogP contribution in [0.2, 0.25) is 0 Å². The fraction of sp³-hybridized carbons (Fsp3) is 0.417. The summed E-state index contributed by atoms with van der Waals surface area (Å²) in [5.41, 5.74) is 0.125. The van der Waals surface area contributed by atoms with E-state index < -0.39 is 11.0 Å². The van der Waals surface area contributed by atoms with E-state index in [-0.39, 0.29) is 36.3 Å². The van der Waals surface area contributed by atoms with Crippen LogP contribution in [-0.4, -0.2) is 45.4 Å². The highest BCUT2D eigenvalue weighted by Crippen LogP contribution is 2.28. The Morgan fingerprint density at radius 1 is 1.48 bits per heavy atom. The molecular formula is C12H15ClN2O5S. The number of carbonyl (C=O) groups excluding carboxylic acids is 1. The van der Waals surface area contributed by atoms with Crippen molar-refractivity contribution < 1.29 is 19.9 Å². The van der Waals surface area contributed by atoms with Crippen molar-refractivity contribution in [2.75, 3.05) is 23.6 Å². The molecule has 0 heterocycles. The number of carbonyl (C=O) groups is 1. The number of nitrogens with zero attached hydrogens (tertiary/aromatic N) is 1. The van der Waals surface area contributed by atoms with Gasteiger partial charge in [0, 0.05) is 40.8 Å². The lowest BCUT2D eigenvalue weighted by molar-refractivity contribution is -0.385. The Morgan fingerprint density at radius 3 is 2.76 bits per heavy atom. The molecule has 116 valence electrons. The molecule has 0 radical (unpaired) electrons. The topological polar surface area (TPSA) is 113 Å². The number of rotatable bonds is 8. The standard InChI is InChI=1S/C12H15ClN2O5S/c13-2-1-12(18)14-8-3-9(15(19)20)5-11(4-8)21-7-10(17)6-16/h3-5,10,16-17H,1-2,6-7H2,(H,14,18)/t10-/m0/s1. The number of nitro groups is 1. The summed E-state index contributed by atoms with van der Waals surface area (Å²) in [6, 6.07) is 4.15. The maximum Gasteiger partial charge on any atom is 0.272 e. The Bertz CT molecular complexity index is 514. The van der Waals surface area contributed by atoms with Crippen LogP contribution in [0, 0.1) is 10.1 Å². The molecule has 0 unspecified atom stereocenters. The number of nitro benzene ring substituents is 1. The number of nitrogens with one attached hydrogen (secondary N) is 1. The summed E-state index contributed by atoms with van der Waals surface area (Å²) in [4.78, 5) is 22.3. The molecule has 7 nitrogen and oxygen atoms in total. The smallest absolute Gasteiger partial charge is 0.272 e. The van der Waals surface area contributed by atoms with Gasteiger partial charge >= 0.3 is 0 Å². The van der Waals surface area contributed by atoms with E-state index in [4.69, 9.17) is 16.7 Å². The number of benzene rings is 1. The van der Waals surface area contributed by atoms with Crippen molar-refractivity contribution in [1.82, 2.24) is 0 Å². The minimum absolute atomic E-state index is 0.107. The largest absolute Gasteiger partial charge is 0.394 e. The van der Waals surface area contributed by atoms with Gasteiger partial charge in [-0.1, -0.05) is 0 Å². The van der Waals surface area contributed by atoms with Gasteiger partial charge in [0.1, 0.15) is 0 Å². The lowest BCUT2D eigenvalue weighted by Gasteiger charge is -2.09. The van der Waals surface area contributed by atoms with Gasteiger partial charge in [0.25, 0.3) is 5.69 Å². The first-order valence-electron chi connectivity index (χ1n) is 6.03. The number of anilines is 1. The number of thioether (sulfide) groups is 1. The second-order valence-corrected chi connectivity index (χ2v) is 5.58. The van der Waals surface area contributed by atoms with Gasteiger partial charge in [0.2, 0.25) is 5.91 Å². The summed E-state index contributed by atoms with van der Waals surface area (Å²) in [5, 5.41) is 31.5. The highest BCUT2D eigenvalue weighted by atomic mass is 35.5. The van der Waals surface area contributed by atoms with Gasteiger partial charge in [-0.25, -0.2) is 0 Å². The quantitative estimate of drug-likeness (QED) is 0.288. The van der Waals surface area contributed by atoms with E-state index in [2.05, 4.69) is 5.32 Å². The summed E-state index contributed by atoms with van der Waals surface area (Å²) in [5.74, 6) is 0.00878. The third kappa shape index (κ3) is 6.30. The van der Waals surface area contributed by atoms with Crippen LogP contribution in [0.25, 0.3) is 0 Å².